The summed E-state index contributed by atoms with van der Waals surface area (Å²) in [5, 5.41) is 0. The van der Waals surface area contributed by atoms with Gasteiger partial charge in [0.05, 0.1) is 6.10 Å². The Hall–Kier alpha value is -0.0800. The minimum absolute atomic E-state index is 0.303. The fourth-order valence-electron chi connectivity index (χ4n) is 2.77. The zero-order valence-corrected chi connectivity index (χ0v) is 8.81. The van der Waals surface area contributed by atoms with Crippen LogP contribution >= 0.6 is 0 Å². The van der Waals surface area contributed by atoms with Gasteiger partial charge in [0.25, 0.3) is 0 Å². The highest BCUT2D eigenvalue weighted by molar-refractivity contribution is 5.00. The number of rotatable bonds is 3. The molecular formula is C11H21NO. The zero-order chi connectivity index (χ0) is 9.31. The van der Waals surface area contributed by atoms with Crippen molar-refractivity contribution in [2.24, 2.45) is 5.41 Å². The molecule has 2 rings (SSSR count). The summed E-state index contributed by atoms with van der Waals surface area (Å²) >= 11 is 0. The molecule has 2 saturated carbocycles. The lowest BCUT2D eigenvalue weighted by Gasteiger charge is -2.43. The Morgan fingerprint density at radius 3 is 2.46 bits per heavy atom. The van der Waals surface area contributed by atoms with Crippen LogP contribution in [0.15, 0.2) is 0 Å². The molecule has 2 aliphatic rings. The Bertz CT molecular complexity index is 175. The molecule has 0 radical (unpaired) electrons. The topological polar surface area (TPSA) is 21.3 Å². The van der Waals surface area contributed by atoms with E-state index >= 15 is 0 Å². The van der Waals surface area contributed by atoms with Crippen LogP contribution in [-0.4, -0.2) is 12.1 Å². The van der Waals surface area contributed by atoms with Gasteiger partial charge in [-0.05, 0) is 44.9 Å². The van der Waals surface area contributed by atoms with Gasteiger partial charge in [-0.15, -0.1) is 0 Å². The first-order valence-electron chi connectivity index (χ1n) is 5.64. The molecule has 0 aromatic carbocycles. The van der Waals surface area contributed by atoms with Gasteiger partial charge < -0.3 is 0 Å². The zero-order valence-electron chi connectivity index (χ0n) is 8.81. The van der Waals surface area contributed by atoms with Gasteiger partial charge in [0.1, 0.15) is 0 Å². The number of hydrogen-bond acceptors (Lipinski definition) is 2. The van der Waals surface area contributed by atoms with Crippen LogP contribution in [0.25, 0.3) is 0 Å². The lowest BCUT2D eigenvalue weighted by Crippen LogP contribution is -2.46. The summed E-state index contributed by atoms with van der Waals surface area (Å²) in [7, 11) is 0. The highest BCUT2D eigenvalue weighted by atomic mass is 16.7. The Labute approximate surface area is 81.0 Å². The van der Waals surface area contributed by atoms with Gasteiger partial charge in [-0.1, -0.05) is 12.8 Å². The summed E-state index contributed by atoms with van der Waals surface area (Å²) < 4.78 is 0. The van der Waals surface area contributed by atoms with Gasteiger partial charge in [-0.2, -0.15) is 5.48 Å². The summed E-state index contributed by atoms with van der Waals surface area (Å²) in [6, 6.07) is 0.642. The standard InChI is InChI=1S/C11H21NO/c1-9(2)13-12-10-5-3-6-11(10)7-4-8-11/h9-10,12H,3-8H2,1-2H3. The molecule has 0 saturated heterocycles. The number of nitrogens with one attached hydrogen (secondary N) is 1. The molecular weight excluding hydrogens is 162 g/mol. The van der Waals surface area contributed by atoms with E-state index in [1.54, 1.807) is 0 Å². The van der Waals surface area contributed by atoms with E-state index < -0.39 is 0 Å². The first kappa shape index (κ1) is 9.47. The van der Waals surface area contributed by atoms with E-state index in [4.69, 9.17) is 4.84 Å². The highest BCUT2D eigenvalue weighted by Crippen LogP contribution is 2.53. The Morgan fingerprint density at radius 2 is 1.92 bits per heavy atom. The van der Waals surface area contributed by atoms with Gasteiger partial charge in [0.15, 0.2) is 0 Å². The van der Waals surface area contributed by atoms with Gasteiger partial charge in [0, 0.05) is 6.04 Å². The molecule has 2 heteroatoms. The first-order chi connectivity index (χ1) is 6.23. The lowest BCUT2D eigenvalue weighted by molar-refractivity contribution is -0.0650. The third kappa shape index (κ3) is 1.75. The van der Waals surface area contributed by atoms with Crippen LogP contribution in [0.5, 0.6) is 0 Å². The van der Waals surface area contributed by atoms with Crippen molar-refractivity contribution in [1.82, 2.24) is 5.48 Å². The molecule has 0 heterocycles. The van der Waals surface area contributed by atoms with E-state index in [0.717, 1.165) is 0 Å². The fraction of sp³-hybridized carbons (Fsp3) is 1.00. The van der Waals surface area contributed by atoms with Crippen LogP contribution in [-0.2, 0) is 4.84 Å². The van der Waals surface area contributed by atoms with E-state index in [1.165, 1.54) is 38.5 Å². The summed E-state index contributed by atoms with van der Waals surface area (Å²) in [6.07, 6.45) is 8.70. The van der Waals surface area contributed by atoms with Crippen LogP contribution in [0, 0.1) is 5.41 Å². The predicted molar refractivity (Wildman–Crippen MR) is 53.3 cm³/mol. The first-order valence-corrected chi connectivity index (χ1v) is 5.64. The molecule has 1 unspecified atom stereocenters. The van der Waals surface area contributed by atoms with Crippen LogP contribution in [0.1, 0.15) is 52.4 Å². The molecule has 2 nitrogen and oxygen atoms in total. The van der Waals surface area contributed by atoms with Gasteiger partial charge in [-0.25, -0.2) is 0 Å². The van der Waals surface area contributed by atoms with E-state index in [-0.39, 0.29) is 0 Å². The molecule has 0 aromatic heterocycles. The fourth-order valence-corrected chi connectivity index (χ4v) is 2.77. The highest BCUT2D eigenvalue weighted by Gasteiger charge is 2.47. The second-order valence-corrected chi connectivity index (χ2v) is 4.95. The third-order valence-corrected chi connectivity index (χ3v) is 3.70. The molecule has 2 fully saturated rings. The van der Waals surface area contributed by atoms with Crippen molar-refractivity contribution in [2.75, 3.05) is 0 Å². The van der Waals surface area contributed by atoms with E-state index in [1.807, 2.05) is 0 Å². The van der Waals surface area contributed by atoms with Crippen molar-refractivity contribution in [2.45, 2.75) is 64.5 Å². The van der Waals surface area contributed by atoms with Gasteiger partial charge >= 0.3 is 0 Å². The van der Waals surface area contributed by atoms with Crippen molar-refractivity contribution >= 4 is 0 Å². The smallest absolute Gasteiger partial charge is 0.0734 e. The minimum atomic E-state index is 0.303. The summed E-state index contributed by atoms with van der Waals surface area (Å²) in [4.78, 5) is 5.51. The van der Waals surface area contributed by atoms with E-state index in [2.05, 4.69) is 19.3 Å². The third-order valence-electron chi connectivity index (χ3n) is 3.70. The normalized spacial score (nSPS) is 31.2. The van der Waals surface area contributed by atoms with Gasteiger partial charge in [0.2, 0.25) is 0 Å². The lowest BCUT2D eigenvalue weighted by atomic mass is 9.65. The quantitative estimate of drug-likeness (QED) is 0.679. The molecule has 1 spiro atoms. The van der Waals surface area contributed by atoms with Crippen LogP contribution in [0.2, 0.25) is 0 Å². The van der Waals surface area contributed by atoms with Crippen molar-refractivity contribution in [3.05, 3.63) is 0 Å². The average Bonchev–Trinajstić information content (AvgIpc) is 2.42. The van der Waals surface area contributed by atoms with Crippen molar-refractivity contribution in [3.63, 3.8) is 0 Å². The Balaban J connectivity index is 1.84. The largest absolute Gasteiger partial charge is 0.299 e. The van der Waals surface area contributed by atoms with Crippen molar-refractivity contribution in [3.8, 4) is 0 Å². The van der Waals surface area contributed by atoms with E-state index in [0.29, 0.717) is 17.6 Å². The maximum absolute atomic E-state index is 5.51. The molecule has 0 aromatic rings. The molecule has 0 aliphatic heterocycles. The van der Waals surface area contributed by atoms with Crippen molar-refractivity contribution in [1.29, 1.82) is 0 Å². The van der Waals surface area contributed by atoms with E-state index in [9.17, 15) is 0 Å². The predicted octanol–water partition coefficient (Wildman–Crippen LogP) is 2.64. The van der Waals surface area contributed by atoms with Crippen molar-refractivity contribution < 1.29 is 4.84 Å². The molecule has 0 bridgehead atoms. The Morgan fingerprint density at radius 1 is 1.23 bits per heavy atom. The summed E-state index contributed by atoms with van der Waals surface area (Å²) in [6.45, 7) is 4.16. The molecule has 0 amide bonds. The average molecular weight is 183 g/mol. The van der Waals surface area contributed by atoms with Crippen LogP contribution in [0.4, 0.5) is 0 Å². The summed E-state index contributed by atoms with van der Waals surface area (Å²) in [5.74, 6) is 0. The second kappa shape index (κ2) is 3.58. The monoisotopic (exact) mass is 183 g/mol. The summed E-state index contributed by atoms with van der Waals surface area (Å²) in [5.41, 5.74) is 3.91. The van der Waals surface area contributed by atoms with Gasteiger partial charge in [-0.3, -0.25) is 4.84 Å². The molecule has 2 aliphatic carbocycles. The van der Waals surface area contributed by atoms with Crippen LogP contribution < -0.4 is 5.48 Å². The maximum Gasteiger partial charge on any atom is 0.0734 e. The second-order valence-electron chi connectivity index (χ2n) is 4.95. The van der Waals surface area contributed by atoms with Crippen LogP contribution in [0.3, 0.4) is 0 Å². The Kier molecular flexibility index (Phi) is 2.61. The maximum atomic E-state index is 5.51. The number of hydrogen-bond donors (Lipinski definition) is 1. The molecule has 13 heavy (non-hydrogen) atoms. The minimum Gasteiger partial charge on any atom is -0.299 e. The SMILES string of the molecule is CC(C)ONC1CCCC12CCC2. The number of hydroxylamine groups is 1. The molecule has 1 N–H and O–H groups in total. The molecule has 1 atom stereocenters. The molecule has 76 valence electrons.